The molecule has 0 fully saturated rings. The van der Waals surface area contributed by atoms with Crippen LogP contribution in [0, 0.1) is 5.92 Å². The van der Waals surface area contributed by atoms with Gasteiger partial charge in [-0.3, -0.25) is 25.6 Å². The number of carbonyl (C=O) groups excluding carboxylic acids is 2. The molecule has 0 aliphatic heterocycles. The standard InChI is InChI=1S/C17H24N6O4/c1-3-4-5-7-12(10-23(26)11-24)16(25)20-22-17-18-15-13(19-21-17)8-6-9-14(15)27-2/h6,8-9,11-12,26H,3-5,7,10H2,1-2H3,(H,20,25)(H,18,21,22)/t12-/m1/s1. The molecule has 1 atom stereocenters. The number of benzene rings is 1. The van der Waals surface area contributed by atoms with E-state index in [-0.39, 0.29) is 24.8 Å². The second-order valence-corrected chi connectivity index (χ2v) is 6.00. The Morgan fingerprint density at radius 2 is 2.19 bits per heavy atom. The molecule has 27 heavy (non-hydrogen) atoms. The Morgan fingerprint density at radius 1 is 1.37 bits per heavy atom. The molecular weight excluding hydrogens is 352 g/mol. The van der Waals surface area contributed by atoms with Crippen molar-refractivity contribution in [1.29, 1.82) is 0 Å². The maximum Gasteiger partial charge on any atom is 0.262 e. The molecule has 0 unspecified atom stereocenters. The van der Waals surface area contributed by atoms with Crippen molar-refractivity contribution < 1.29 is 19.5 Å². The number of carbonyl (C=O) groups is 2. The summed E-state index contributed by atoms with van der Waals surface area (Å²) in [4.78, 5) is 27.4. The first-order valence-corrected chi connectivity index (χ1v) is 8.73. The minimum atomic E-state index is -0.567. The van der Waals surface area contributed by atoms with Crippen molar-refractivity contribution in [3.8, 4) is 5.75 Å². The van der Waals surface area contributed by atoms with Gasteiger partial charge >= 0.3 is 0 Å². The normalized spacial score (nSPS) is 11.7. The van der Waals surface area contributed by atoms with Crippen LogP contribution in [-0.4, -0.2) is 51.4 Å². The van der Waals surface area contributed by atoms with E-state index >= 15 is 0 Å². The van der Waals surface area contributed by atoms with Crippen LogP contribution in [0.4, 0.5) is 5.95 Å². The zero-order valence-corrected chi connectivity index (χ0v) is 15.4. The van der Waals surface area contributed by atoms with Crippen LogP contribution >= 0.6 is 0 Å². The van der Waals surface area contributed by atoms with Crippen molar-refractivity contribution in [1.82, 2.24) is 25.7 Å². The molecule has 0 saturated carbocycles. The zero-order chi connectivity index (χ0) is 19.6. The van der Waals surface area contributed by atoms with Crippen LogP contribution in [0.2, 0.25) is 0 Å². The Morgan fingerprint density at radius 3 is 2.89 bits per heavy atom. The number of hydroxylamine groups is 2. The Kier molecular flexibility index (Phi) is 7.68. The lowest BCUT2D eigenvalue weighted by molar-refractivity contribution is -0.154. The van der Waals surface area contributed by atoms with Crippen molar-refractivity contribution in [3.63, 3.8) is 0 Å². The number of ether oxygens (including phenoxy) is 1. The minimum absolute atomic E-state index is 0.0919. The van der Waals surface area contributed by atoms with E-state index < -0.39 is 5.92 Å². The molecule has 3 N–H and O–H groups in total. The molecule has 10 nitrogen and oxygen atoms in total. The number of hydrogen-bond acceptors (Lipinski definition) is 8. The van der Waals surface area contributed by atoms with Gasteiger partial charge in [0, 0.05) is 0 Å². The van der Waals surface area contributed by atoms with Crippen LogP contribution in [0.15, 0.2) is 18.2 Å². The number of rotatable bonds is 11. The molecule has 0 aliphatic carbocycles. The highest BCUT2D eigenvalue weighted by atomic mass is 16.5. The van der Waals surface area contributed by atoms with Crippen molar-refractivity contribution in [2.24, 2.45) is 5.92 Å². The predicted octanol–water partition coefficient (Wildman–Crippen LogP) is 1.52. The molecule has 2 rings (SSSR count). The Hall–Kier alpha value is -3.01. The number of methoxy groups -OCH3 is 1. The smallest absolute Gasteiger partial charge is 0.262 e. The number of para-hydroxylation sites is 1. The molecule has 10 heteroatoms. The van der Waals surface area contributed by atoms with Gasteiger partial charge in [-0.25, -0.2) is 10.0 Å². The summed E-state index contributed by atoms with van der Waals surface area (Å²) in [5.74, 6) is -0.307. The Balaban J connectivity index is 2.04. The quantitative estimate of drug-likeness (QED) is 0.233. The van der Waals surface area contributed by atoms with Crippen LogP contribution in [0.1, 0.15) is 32.6 Å². The molecule has 1 aromatic carbocycles. The van der Waals surface area contributed by atoms with Crippen molar-refractivity contribution in [3.05, 3.63) is 18.2 Å². The van der Waals surface area contributed by atoms with Crippen LogP contribution in [0.25, 0.3) is 11.0 Å². The van der Waals surface area contributed by atoms with Crippen molar-refractivity contribution in [2.75, 3.05) is 19.1 Å². The first-order valence-electron chi connectivity index (χ1n) is 8.73. The van der Waals surface area contributed by atoms with Gasteiger partial charge in [-0.05, 0) is 18.6 Å². The number of unbranched alkanes of at least 4 members (excludes halogenated alkanes) is 2. The van der Waals surface area contributed by atoms with E-state index in [1.807, 2.05) is 0 Å². The summed E-state index contributed by atoms with van der Waals surface area (Å²) < 4.78 is 5.25. The number of amides is 2. The summed E-state index contributed by atoms with van der Waals surface area (Å²) in [5.41, 5.74) is 6.20. The summed E-state index contributed by atoms with van der Waals surface area (Å²) >= 11 is 0. The number of fused-ring (bicyclic) bond motifs is 1. The highest BCUT2D eigenvalue weighted by Crippen LogP contribution is 2.21. The van der Waals surface area contributed by atoms with Crippen molar-refractivity contribution in [2.45, 2.75) is 32.6 Å². The number of hydrogen-bond donors (Lipinski definition) is 3. The fourth-order valence-electron chi connectivity index (χ4n) is 2.59. The molecule has 146 valence electrons. The van der Waals surface area contributed by atoms with Gasteiger partial charge < -0.3 is 4.74 Å². The van der Waals surface area contributed by atoms with Crippen LogP contribution in [0.3, 0.4) is 0 Å². The third kappa shape index (κ3) is 5.74. The maximum atomic E-state index is 12.4. The Labute approximate surface area is 156 Å². The number of aromatic nitrogens is 3. The molecule has 2 aromatic rings. The average Bonchev–Trinajstić information content (AvgIpc) is 2.70. The lowest BCUT2D eigenvalue weighted by atomic mass is 10.0. The second-order valence-electron chi connectivity index (χ2n) is 6.00. The monoisotopic (exact) mass is 376 g/mol. The summed E-state index contributed by atoms with van der Waals surface area (Å²) in [6.07, 6.45) is 3.59. The minimum Gasteiger partial charge on any atom is -0.494 e. The molecule has 0 spiro atoms. The van der Waals surface area contributed by atoms with Crippen LogP contribution < -0.4 is 15.6 Å². The summed E-state index contributed by atoms with van der Waals surface area (Å²) in [6, 6.07) is 5.28. The largest absolute Gasteiger partial charge is 0.494 e. The zero-order valence-electron chi connectivity index (χ0n) is 15.4. The fraction of sp³-hybridized carbons (Fsp3) is 0.471. The van der Waals surface area contributed by atoms with Gasteiger partial charge in [0.2, 0.25) is 12.3 Å². The number of nitrogens with zero attached hydrogens (tertiary/aromatic N) is 4. The van der Waals surface area contributed by atoms with Crippen molar-refractivity contribution >= 4 is 29.3 Å². The van der Waals surface area contributed by atoms with Gasteiger partial charge in [-0.1, -0.05) is 32.3 Å². The number of hydrazine groups is 1. The molecule has 0 bridgehead atoms. The molecule has 2 amide bonds. The molecule has 1 aromatic heterocycles. The number of anilines is 1. The van der Waals surface area contributed by atoms with E-state index in [0.717, 1.165) is 19.3 Å². The molecular formula is C17H24N6O4. The molecule has 1 heterocycles. The van der Waals surface area contributed by atoms with Gasteiger partial charge in [-0.2, -0.15) is 0 Å². The number of nitrogens with one attached hydrogen (secondary N) is 2. The van der Waals surface area contributed by atoms with Gasteiger partial charge in [0.25, 0.3) is 5.95 Å². The first-order chi connectivity index (χ1) is 13.1. The second kappa shape index (κ2) is 10.2. The summed E-state index contributed by atoms with van der Waals surface area (Å²) in [5, 5.41) is 17.8. The predicted molar refractivity (Wildman–Crippen MR) is 97.8 cm³/mol. The van der Waals surface area contributed by atoms with E-state index in [0.29, 0.717) is 28.3 Å². The topological polar surface area (TPSA) is 130 Å². The highest BCUT2D eigenvalue weighted by Gasteiger charge is 2.21. The summed E-state index contributed by atoms with van der Waals surface area (Å²) in [7, 11) is 1.53. The first kappa shape index (κ1) is 20.3. The maximum absolute atomic E-state index is 12.4. The molecule has 0 aliphatic rings. The lowest BCUT2D eigenvalue weighted by Crippen LogP contribution is -2.40. The average molecular weight is 376 g/mol. The van der Waals surface area contributed by atoms with E-state index in [9.17, 15) is 14.8 Å². The highest BCUT2D eigenvalue weighted by molar-refractivity contribution is 5.82. The van der Waals surface area contributed by atoms with Gasteiger partial charge in [0.15, 0.2) is 0 Å². The van der Waals surface area contributed by atoms with Crippen LogP contribution in [-0.2, 0) is 9.59 Å². The van der Waals surface area contributed by atoms with Gasteiger partial charge in [0.05, 0.1) is 19.6 Å². The SMILES string of the molecule is CCCCC[C@H](CN(O)C=O)C(=O)NNc1nnc2cccc(OC)c2n1. The van der Waals surface area contributed by atoms with E-state index in [1.165, 1.54) is 7.11 Å². The van der Waals surface area contributed by atoms with Gasteiger partial charge in [-0.15, -0.1) is 10.2 Å². The van der Waals surface area contributed by atoms with E-state index in [1.54, 1.807) is 18.2 Å². The van der Waals surface area contributed by atoms with E-state index in [2.05, 4.69) is 33.0 Å². The lowest BCUT2D eigenvalue weighted by Gasteiger charge is -2.19. The summed E-state index contributed by atoms with van der Waals surface area (Å²) in [6.45, 7) is 1.96. The third-order valence-corrected chi connectivity index (χ3v) is 4.02. The molecule has 0 saturated heterocycles. The Bertz CT molecular complexity index is 772. The van der Waals surface area contributed by atoms with Gasteiger partial charge in [0.1, 0.15) is 16.8 Å². The fourth-order valence-corrected chi connectivity index (χ4v) is 2.59. The van der Waals surface area contributed by atoms with E-state index in [4.69, 9.17) is 4.74 Å². The third-order valence-electron chi connectivity index (χ3n) is 4.02. The van der Waals surface area contributed by atoms with Crippen LogP contribution in [0.5, 0.6) is 5.75 Å². The molecule has 0 radical (unpaired) electrons.